The number of ether oxygens (including phenoxy) is 2. The lowest BCUT2D eigenvalue weighted by Crippen LogP contribution is -2.39. The van der Waals surface area contributed by atoms with Crippen LogP contribution in [-0.4, -0.2) is 41.7 Å². The third-order valence-corrected chi connectivity index (χ3v) is 6.98. The topological polar surface area (TPSA) is 111 Å². The molecule has 1 aliphatic carbocycles. The number of carbonyl (C=O) groups is 1. The van der Waals surface area contributed by atoms with E-state index in [1.807, 2.05) is 30.5 Å². The minimum Gasteiger partial charge on any atom is -0.497 e. The first-order valence-electron chi connectivity index (χ1n) is 11.9. The number of fused-ring (bicyclic) bond motifs is 2. The van der Waals surface area contributed by atoms with E-state index in [0.717, 1.165) is 54.5 Å². The first kappa shape index (κ1) is 22.6. The van der Waals surface area contributed by atoms with Crippen LogP contribution < -0.4 is 25.8 Å². The van der Waals surface area contributed by atoms with Gasteiger partial charge in [0.25, 0.3) is 5.91 Å². The van der Waals surface area contributed by atoms with Crippen molar-refractivity contribution in [2.45, 2.75) is 50.7 Å². The van der Waals surface area contributed by atoms with Crippen LogP contribution in [0.1, 0.15) is 36.9 Å². The summed E-state index contributed by atoms with van der Waals surface area (Å²) in [6.45, 7) is 0.707. The van der Waals surface area contributed by atoms with Crippen molar-refractivity contribution < 1.29 is 14.3 Å². The van der Waals surface area contributed by atoms with Gasteiger partial charge in [-0.15, -0.1) is 0 Å². The molecule has 2 aliphatic rings. The molecular weight excluding hydrogens is 430 g/mol. The molecule has 1 fully saturated rings. The van der Waals surface area contributed by atoms with Gasteiger partial charge in [0, 0.05) is 30.2 Å². The Morgan fingerprint density at radius 2 is 2.06 bits per heavy atom. The van der Waals surface area contributed by atoms with Crippen molar-refractivity contribution in [2.24, 2.45) is 11.7 Å². The number of nitrogens with two attached hydrogens (primary N) is 1. The van der Waals surface area contributed by atoms with Crippen LogP contribution in [0, 0.1) is 5.92 Å². The molecule has 2 aromatic heterocycles. The number of hydrogen-bond donors (Lipinski definition) is 3. The molecule has 5 rings (SSSR count). The molecule has 0 bridgehead atoms. The predicted molar refractivity (Wildman–Crippen MR) is 131 cm³/mol. The average Bonchev–Trinajstić information content (AvgIpc) is 2.87. The van der Waals surface area contributed by atoms with E-state index < -0.39 is 0 Å². The molecular formula is C26H31N5O3. The van der Waals surface area contributed by atoms with E-state index in [-0.39, 0.29) is 18.6 Å². The molecule has 8 heteroatoms. The molecule has 178 valence electrons. The maximum Gasteiger partial charge on any atom is 0.263 e. The summed E-state index contributed by atoms with van der Waals surface area (Å²) >= 11 is 0. The summed E-state index contributed by atoms with van der Waals surface area (Å²) in [5.74, 6) is 2.30. The van der Waals surface area contributed by atoms with Crippen LogP contribution in [0.25, 0.3) is 10.9 Å². The van der Waals surface area contributed by atoms with Crippen molar-refractivity contribution in [1.82, 2.24) is 15.3 Å². The number of nitrogens with one attached hydrogen (secondary N) is 2. The van der Waals surface area contributed by atoms with E-state index in [4.69, 9.17) is 15.2 Å². The average molecular weight is 462 g/mol. The molecule has 1 atom stereocenters. The zero-order chi connectivity index (χ0) is 23.5. The van der Waals surface area contributed by atoms with Gasteiger partial charge in [-0.05, 0) is 80.0 Å². The molecule has 3 aromatic rings. The van der Waals surface area contributed by atoms with E-state index in [2.05, 4.69) is 32.7 Å². The molecule has 8 nitrogen and oxygen atoms in total. The highest BCUT2D eigenvalue weighted by Crippen LogP contribution is 2.30. The number of pyridine rings is 2. The van der Waals surface area contributed by atoms with Crippen LogP contribution in [0.3, 0.4) is 0 Å². The number of anilines is 1. The third-order valence-electron chi connectivity index (χ3n) is 6.98. The van der Waals surface area contributed by atoms with Crippen molar-refractivity contribution in [3.05, 3.63) is 53.9 Å². The van der Waals surface area contributed by atoms with Gasteiger partial charge in [0.1, 0.15) is 5.75 Å². The normalized spacial score (nSPS) is 20.8. The highest BCUT2D eigenvalue weighted by molar-refractivity contribution is 5.94. The Balaban J connectivity index is 1.14. The number of aromatic nitrogens is 2. The Hall–Kier alpha value is -3.23. The number of benzene rings is 1. The molecule has 1 amide bonds. The second-order valence-electron chi connectivity index (χ2n) is 9.20. The van der Waals surface area contributed by atoms with Crippen molar-refractivity contribution in [3.63, 3.8) is 0 Å². The van der Waals surface area contributed by atoms with Crippen LogP contribution in [0.5, 0.6) is 11.5 Å². The fraction of sp³-hybridized carbons (Fsp3) is 0.423. The summed E-state index contributed by atoms with van der Waals surface area (Å²) < 4.78 is 10.8. The van der Waals surface area contributed by atoms with Crippen LogP contribution in [0.4, 0.5) is 5.82 Å². The second kappa shape index (κ2) is 9.95. The van der Waals surface area contributed by atoms with Gasteiger partial charge < -0.3 is 25.8 Å². The Kier molecular flexibility index (Phi) is 6.60. The number of amides is 1. The van der Waals surface area contributed by atoms with E-state index >= 15 is 0 Å². The fourth-order valence-corrected chi connectivity index (χ4v) is 5.01. The standard InChI is InChI=1S/C26H31N5O3/c1-33-20-7-8-23-21(13-20)17(10-11-28-23)12-22(27)16-2-4-18(5-3-16)29-14-19-6-9-24-26(30-19)31-25(32)15-34-24/h6-11,13,16,18,22,29H,2-5,12,14-15,27H2,1H3,(H,30,31,32)/t16?,18?,22-/m1/s1. The molecule has 34 heavy (non-hydrogen) atoms. The summed E-state index contributed by atoms with van der Waals surface area (Å²) in [5, 5.41) is 7.51. The number of methoxy groups -OCH3 is 1. The monoisotopic (exact) mass is 461 g/mol. The van der Waals surface area contributed by atoms with E-state index in [1.54, 1.807) is 7.11 Å². The Morgan fingerprint density at radius 3 is 2.88 bits per heavy atom. The number of rotatable bonds is 7. The zero-order valence-electron chi connectivity index (χ0n) is 19.4. The van der Waals surface area contributed by atoms with Crippen LogP contribution in [0.15, 0.2) is 42.6 Å². The molecule has 1 saturated carbocycles. The molecule has 3 heterocycles. The summed E-state index contributed by atoms with van der Waals surface area (Å²) in [6, 6.07) is 12.4. The molecule has 1 aromatic carbocycles. The molecule has 0 saturated heterocycles. The minimum absolute atomic E-state index is 0.0449. The van der Waals surface area contributed by atoms with Crippen molar-refractivity contribution in [2.75, 3.05) is 19.0 Å². The van der Waals surface area contributed by atoms with Gasteiger partial charge >= 0.3 is 0 Å². The Morgan fingerprint density at radius 1 is 1.21 bits per heavy atom. The maximum atomic E-state index is 11.5. The summed E-state index contributed by atoms with van der Waals surface area (Å²) in [7, 11) is 1.68. The lowest BCUT2D eigenvalue weighted by Gasteiger charge is -2.33. The summed E-state index contributed by atoms with van der Waals surface area (Å²) in [6.07, 6.45) is 7.09. The highest BCUT2D eigenvalue weighted by atomic mass is 16.5. The van der Waals surface area contributed by atoms with Gasteiger partial charge in [0.05, 0.1) is 18.3 Å². The Labute approximate surface area is 199 Å². The van der Waals surface area contributed by atoms with Gasteiger partial charge in [-0.2, -0.15) is 0 Å². The lowest BCUT2D eigenvalue weighted by molar-refractivity contribution is -0.118. The molecule has 0 radical (unpaired) electrons. The smallest absolute Gasteiger partial charge is 0.263 e. The largest absolute Gasteiger partial charge is 0.497 e. The first-order valence-corrected chi connectivity index (χ1v) is 11.9. The number of hydrogen-bond acceptors (Lipinski definition) is 7. The first-order chi connectivity index (χ1) is 16.6. The molecule has 1 aliphatic heterocycles. The molecule has 0 unspecified atom stereocenters. The van der Waals surface area contributed by atoms with Gasteiger partial charge in [0.15, 0.2) is 18.2 Å². The van der Waals surface area contributed by atoms with E-state index in [0.29, 0.717) is 30.1 Å². The lowest BCUT2D eigenvalue weighted by atomic mass is 9.79. The fourth-order valence-electron chi connectivity index (χ4n) is 5.01. The number of carbonyl (C=O) groups excluding carboxylic acids is 1. The summed E-state index contributed by atoms with van der Waals surface area (Å²) in [4.78, 5) is 20.5. The van der Waals surface area contributed by atoms with Crippen LogP contribution in [0.2, 0.25) is 0 Å². The van der Waals surface area contributed by atoms with E-state index in [1.165, 1.54) is 5.56 Å². The van der Waals surface area contributed by atoms with Crippen LogP contribution >= 0.6 is 0 Å². The quantitative estimate of drug-likeness (QED) is 0.495. The SMILES string of the molecule is COc1ccc2nccc(C[C@@H](N)C3CCC(NCc4ccc5c(n4)NC(=O)CO5)CC3)c2c1. The van der Waals surface area contributed by atoms with Crippen molar-refractivity contribution in [1.29, 1.82) is 0 Å². The van der Waals surface area contributed by atoms with E-state index in [9.17, 15) is 4.79 Å². The van der Waals surface area contributed by atoms with Crippen LogP contribution in [-0.2, 0) is 17.8 Å². The molecule has 4 N–H and O–H groups in total. The van der Waals surface area contributed by atoms with Gasteiger partial charge in [-0.1, -0.05) is 0 Å². The molecule has 0 spiro atoms. The van der Waals surface area contributed by atoms with Crippen molar-refractivity contribution in [3.8, 4) is 11.5 Å². The zero-order valence-corrected chi connectivity index (χ0v) is 19.4. The van der Waals surface area contributed by atoms with Gasteiger partial charge in [0.2, 0.25) is 0 Å². The summed E-state index contributed by atoms with van der Waals surface area (Å²) in [5.41, 5.74) is 9.79. The minimum atomic E-state index is -0.168. The maximum absolute atomic E-state index is 11.5. The number of nitrogens with zero attached hydrogens (tertiary/aromatic N) is 2. The predicted octanol–water partition coefficient (Wildman–Crippen LogP) is 3.19. The van der Waals surface area contributed by atoms with Crippen molar-refractivity contribution >= 4 is 22.6 Å². The highest BCUT2D eigenvalue weighted by Gasteiger charge is 2.26. The third kappa shape index (κ3) is 4.98. The van der Waals surface area contributed by atoms with Gasteiger partial charge in [-0.3, -0.25) is 9.78 Å². The van der Waals surface area contributed by atoms with Gasteiger partial charge in [-0.25, -0.2) is 4.98 Å². The second-order valence-corrected chi connectivity index (χ2v) is 9.20. The Bertz CT molecular complexity index is 1180.